The number of rotatable bonds is 6. The lowest BCUT2D eigenvalue weighted by molar-refractivity contribution is 0.143. The molecular formula is C17H27NO3. The smallest absolute Gasteiger partial charge is 0.157 e. The van der Waals surface area contributed by atoms with Crippen LogP contribution in [0.5, 0.6) is 11.5 Å². The number of aliphatic hydroxyl groups excluding tert-OH is 1. The van der Waals surface area contributed by atoms with Gasteiger partial charge in [-0.1, -0.05) is 13.8 Å². The molecule has 3 N–H and O–H groups in total. The minimum atomic E-state index is -0.0688. The van der Waals surface area contributed by atoms with E-state index in [0.29, 0.717) is 12.3 Å². The van der Waals surface area contributed by atoms with Crippen LogP contribution in [-0.2, 0) is 6.42 Å². The Kier molecular flexibility index (Phi) is 5.48. The second-order valence-electron chi connectivity index (χ2n) is 6.39. The number of phenolic OH excluding ortho intramolecular Hbond substituents is 2. The van der Waals surface area contributed by atoms with E-state index in [1.807, 2.05) is 0 Å². The Bertz CT molecular complexity index is 473. The lowest BCUT2D eigenvalue weighted by atomic mass is 9.90. The number of hydrogen-bond donors (Lipinski definition) is 3. The number of aliphatic hydroxyl groups is 1. The third kappa shape index (κ3) is 3.89. The van der Waals surface area contributed by atoms with Gasteiger partial charge in [0.15, 0.2) is 11.5 Å². The predicted molar refractivity (Wildman–Crippen MR) is 83.6 cm³/mol. The molecule has 0 bridgehead atoms. The molecule has 0 amide bonds. The first-order chi connectivity index (χ1) is 10.0. The van der Waals surface area contributed by atoms with Crippen molar-refractivity contribution in [3.63, 3.8) is 0 Å². The van der Waals surface area contributed by atoms with Crippen LogP contribution in [-0.4, -0.2) is 39.9 Å². The van der Waals surface area contributed by atoms with Crippen molar-refractivity contribution >= 4 is 0 Å². The van der Waals surface area contributed by atoms with E-state index in [9.17, 15) is 15.3 Å². The van der Waals surface area contributed by atoms with Gasteiger partial charge in [0.1, 0.15) is 0 Å². The van der Waals surface area contributed by atoms with Crippen LogP contribution in [0.25, 0.3) is 0 Å². The van der Waals surface area contributed by atoms with Gasteiger partial charge in [0.05, 0.1) is 0 Å². The van der Waals surface area contributed by atoms with E-state index >= 15 is 0 Å². The van der Waals surface area contributed by atoms with Gasteiger partial charge in [0.25, 0.3) is 0 Å². The Morgan fingerprint density at radius 1 is 1.24 bits per heavy atom. The average Bonchev–Trinajstić information content (AvgIpc) is 2.43. The van der Waals surface area contributed by atoms with Crippen LogP contribution in [0.2, 0.25) is 0 Å². The molecule has 1 aromatic rings. The minimum absolute atomic E-state index is 0.0512. The lowest BCUT2D eigenvalue weighted by Crippen LogP contribution is -2.36. The van der Waals surface area contributed by atoms with Gasteiger partial charge in [-0.25, -0.2) is 0 Å². The molecule has 1 aliphatic heterocycles. The van der Waals surface area contributed by atoms with Crippen LogP contribution < -0.4 is 0 Å². The maximum Gasteiger partial charge on any atom is 0.157 e. The highest BCUT2D eigenvalue weighted by molar-refractivity contribution is 5.47. The van der Waals surface area contributed by atoms with E-state index in [4.69, 9.17) is 0 Å². The van der Waals surface area contributed by atoms with Gasteiger partial charge in [0, 0.05) is 19.2 Å². The molecule has 1 heterocycles. The summed E-state index contributed by atoms with van der Waals surface area (Å²) < 4.78 is 0. The Labute approximate surface area is 127 Å². The van der Waals surface area contributed by atoms with Crippen molar-refractivity contribution in [2.24, 2.45) is 5.92 Å². The number of phenols is 2. The van der Waals surface area contributed by atoms with Crippen LogP contribution in [0.3, 0.4) is 0 Å². The fraction of sp³-hybridized carbons (Fsp3) is 0.647. The van der Waals surface area contributed by atoms with Gasteiger partial charge in [-0.3, -0.25) is 4.90 Å². The quantitative estimate of drug-likeness (QED) is 0.706. The molecule has 4 heteroatoms. The minimum Gasteiger partial charge on any atom is -0.504 e. The summed E-state index contributed by atoms with van der Waals surface area (Å²) in [6.45, 7) is 6.56. The number of aromatic hydroxyl groups is 2. The molecule has 0 spiro atoms. The topological polar surface area (TPSA) is 63.9 Å². The molecule has 1 atom stereocenters. The van der Waals surface area contributed by atoms with Gasteiger partial charge in [-0.05, 0) is 61.4 Å². The van der Waals surface area contributed by atoms with Crippen LogP contribution in [0.4, 0.5) is 0 Å². The fourth-order valence-corrected chi connectivity index (χ4v) is 3.21. The fourth-order valence-electron chi connectivity index (χ4n) is 3.21. The van der Waals surface area contributed by atoms with E-state index in [-0.39, 0.29) is 24.1 Å². The summed E-state index contributed by atoms with van der Waals surface area (Å²) in [6, 6.07) is 3.47. The lowest BCUT2D eigenvalue weighted by Gasteiger charge is -2.37. The molecular weight excluding hydrogens is 266 g/mol. The van der Waals surface area contributed by atoms with Crippen molar-refractivity contribution in [3.8, 4) is 11.5 Å². The molecule has 0 saturated carbocycles. The summed E-state index contributed by atoms with van der Waals surface area (Å²) in [7, 11) is 0. The van der Waals surface area contributed by atoms with Crippen molar-refractivity contribution in [1.82, 2.24) is 4.90 Å². The molecule has 21 heavy (non-hydrogen) atoms. The molecule has 0 aromatic heterocycles. The average molecular weight is 293 g/mol. The molecule has 0 saturated heterocycles. The standard InChI is InChI=1S/C17H27NO3/c1-12(2)4-3-7-18-8-5-13-10-16(20)17(21)11-14(13)15(18)6-9-19/h10-12,15,19-21H,3-9H2,1-2H3/t15-/m0/s1. The highest BCUT2D eigenvalue weighted by atomic mass is 16.3. The van der Waals surface area contributed by atoms with Crippen molar-refractivity contribution in [2.75, 3.05) is 19.7 Å². The highest BCUT2D eigenvalue weighted by Gasteiger charge is 2.27. The highest BCUT2D eigenvalue weighted by Crippen LogP contribution is 2.38. The van der Waals surface area contributed by atoms with E-state index in [0.717, 1.165) is 37.1 Å². The molecule has 4 nitrogen and oxygen atoms in total. The number of benzene rings is 1. The molecule has 118 valence electrons. The predicted octanol–water partition coefficient (Wildman–Crippen LogP) is 2.82. The summed E-state index contributed by atoms with van der Waals surface area (Å²) in [4.78, 5) is 2.40. The van der Waals surface area contributed by atoms with E-state index in [1.165, 1.54) is 6.42 Å². The largest absolute Gasteiger partial charge is 0.504 e. The first-order valence-electron chi connectivity index (χ1n) is 7.92. The summed E-state index contributed by atoms with van der Waals surface area (Å²) in [6.07, 6.45) is 3.90. The molecule has 2 rings (SSSR count). The number of fused-ring (bicyclic) bond motifs is 1. The number of hydrogen-bond acceptors (Lipinski definition) is 4. The van der Waals surface area contributed by atoms with Gasteiger partial charge >= 0.3 is 0 Å². The molecule has 1 aromatic carbocycles. The van der Waals surface area contributed by atoms with E-state index < -0.39 is 0 Å². The Hall–Kier alpha value is -1.26. The third-order valence-corrected chi connectivity index (χ3v) is 4.33. The maximum atomic E-state index is 9.77. The van der Waals surface area contributed by atoms with Gasteiger partial charge in [-0.15, -0.1) is 0 Å². The van der Waals surface area contributed by atoms with E-state index in [1.54, 1.807) is 12.1 Å². The van der Waals surface area contributed by atoms with Gasteiger partial charge in [-0.2, -0.15) is 0 Å². The molecule has 0 aliphatic carbocycles. The van der Waals surface area contributed by atoms with Crippen molar-refractivity contribution in [3.05, 3.63) is 23.3 Å². The van der Waals surface area contributed by atoms with Crippen LogP contribution in [0.15, 0.2) is 12.1 Å². The summed E-state index contributed by atoms with van der Waals surface area (Å²) in [5.74, 6) is 0.588. The van der Waals surface area contributed by atoms with Gasteiger partial charge in [0.2, 0.25) is 0 Å². The molecule has 1 aliphatic rings. The summed E-state index contributed by atoms with van der Waals surface area (Å²) in [5, 5.41) is 28.8. The first-order valence-corrected chi connectivity index (χ1v) is 7.92. The number of nitrogens with zero attached hydrogens (tertiary/aromatic N) is 1. The van der Waals surface area contributed by atoms with Crippen molar-refractivity contribution in [2.45, 2.75) is 45.6 Å². The normalized spacial score (nSPS) is 19.0. The monoisotopic (exact) mass is 293 g/mol. The Morgan fingerprint density at radius 2 is 1.95 bits per heavy atom. The van der Waals surface area contributed by atoms with Crippen molar-refractivity contribution < 1.29 is 15.3 Å². The summed E-state index contributed by atoms with van der Waals surface area (Å²) in [5.41, 5.74) is 2.14. The Morgan fingerprint density at radius 3 is 2.62 bits per heavy atom. The zero-order valence-electron chi connectivity index (χ0n) is 13.0. The molecule has 0 unspecified atom stereocenters. The van der Waals surface area contributed by atoms with Crippen LogP contribution >= 0.6 is 0 Å². The molecule has 0 radical (unpaired) electrons. The zero-order chi connectivity index (χ0) is 15.4. The second kappa shape index (κ2) is 7.14. The summed E-state index contributed by atoms with van der Waals surface area (Å²) >= 11 is 0. The second-order valence-corrected chi connectivity index (χ2v) is 6.39. The third-order valence-electron chi connectivity index (χ3n) is 4.33. The maximum absolute atomic E-state index is 9.77. The van der Waals surface area contributed by atoms with Gasteiger partial charge < -0.3 is 15.3 Å². The molecule has 0 fully saturated rings. The zero-order valence-corrected chi connectivity index (χ0v) is 13.0. The van der Waals surface area contributed by atoms with E-state index in [2.05, 4.69) is 18.7 Å². The van der Waals surface area contributed by atoms with Crippen LogP contribution in [0, 0.1) is 5.92 Å². The van der Waals surface area contributed by atoms with Crippen LogP contribution in [0.1, 0.15) is 50.3 Å². The van der Waals surface area contributed by atoms with Crippen molar-refractivity contribution in [1.29, 1.82) is 0 Å². The SMILES string of the molecule is CC(C)CCCN1CCc2cc(O)c(O)cc2[C@@H]1CCO. The Balaban J connectivity index is 2.15. The first kappa shape index (κ1) is 16.1.